The van der Waals surface area contributed by atoms with E-state index in [1.54, 1.807) is 6.92 Å². The summed E-state index contributed by atoms with van der Waals surface area (Å²) in [5, 5.41) is 3.11. The van der Waals surface area contributed by atoms with Gasteiger partial charge in [-0.25, -0.2) is 0 Å². The van der Waals surface area contributed by atoms with Gasteiger partial charge in [-0.15, -0.1) is 0 Å². The molecule has 0 atom stereocenters. The van der Waals surface area contributed by atoms with Crippen molar-refractivity contribution in [3.05, 3.63) is 35.4 Å². The molecule has 1 N–H and O–H groups in total. The van der Waals surface area contributed by atoms with Crippen LogP contribution in [-0.2, 0) is 11.2 Å². The lowest BCUT2D eigenvalue weighted by molar-refractivity contribution is -0.116. The highest BCUT2D eigenvalue weighted by Gasteiger charge is 1.96. The molecule has 0 radical (unpaired) electrons. The van der Waals surface area contributed by atoms with E-state index >= 15 is 0 Å². The largest absolute Gasteiger partial charge is 0.310 e. The second-order valence-corrected chi connectivity index (χ2v) is 3.56. The van der Waals surface area contributed by atoms with E-state index in [0.29, 0.717) is 6.54 Å². The Morgan fingerprint density at radius 2 is 2.07 bits per heavy atom. The van der Waals surface area contributed by atoms with Crippen molar-refractivity contribution in [3.8, 4) is 0 Å². The summed E-state index contributed by atoms with van der Waals surface area (Å²) in [4.78, 5) is 10.7. The first-order valence-corrected chi connectivity index (χ1v) is 4.95. The van der Waals surface area contributed by atoms with E-state index in [0.717, 1.165) is 13.0 Å². The summed E-state index contributed by atoms with van der Waals surface area (Å²) in [6.45, 7) is 5.05. The fourth-order valence-electron chi connectivity index (χ4n) is 1.38. The number of benzene rings is 1. The van der Waals surface area contributed by atoms with Crippen LogP contribution < -0.4 is 5.32 Å². The molecular formula is C12H17NO. The van der Waals surface area contributed by atoms with Crippen LogP contribution in [-0.4, -0.2) is 18.9 Å². The molecule has 0 aliphatic rings. The van der Waals surface area contributed by atoms with Crippen LogP contribution in [0.5, 0.6) is 0 Å². The van der Waals surface area contributed by atoms with E-state index in [1.165, 1.54) is 11.1 Å². The highest BCUT2D eigenvalue weighted by molar-refractivity contribution is 5.77. The third-order valence-electron chi connectivity index (χ3n) is 2.21. The summed E-state index contributed by atoms with van der Waals surface area (Å²) in [6.07, 6.45) is 0.986. The highest BCUT2D eigenvalue weighted by atomic mass is 16.1. The maximum atomic E-state index is 10.7. The average Bonchev–Trinajstić information content (AvgIpc) is 2.15. The fourth-order valence-corrected chi connectivity index (χ4v) is 1.38. The summed E-state index contributed by atoms with van der Waals surface area (Å²) < 4.78 is 0. The van der Waals surface area contributed by atoms with Crippen molar-refractivity contribution < 1.29 is 4.79 Å². The number of rotatable bonds is 5. The Hall–Kier alpha value is -1.15. The second-order valence-electron chi connectivity index (χ2n) is 3.56. The standard InChI is InChI=1S/C12H17NO/c1-10-5-3-4-6-12(10)7-8-13-9-11(2)14/h3-6,13H,7-9H2,1-2H3. The molecule has 2 heteroatoms. The molecule has 0 bridgehead atoms. The quantitative estimate of drug-likeness (QED) is 0.718. The van der Waals surface area contributed by atoms with E-state index in [1.807, 2.05) is 12.1 Å². The van der Waals surface area contributed by atoms with Crippen LogP contribution in [0.1, 0.15) is 18.1 Å². The van der Waals surface area contributed by atoms with Crippen LogP contribution in [0.25, 0.3) is 0 Å². The minimum absolute atomic E-state index is 0.190. The predicted octanol–water partition coefficient (Wildman–Crippen LogP) is 1.72. The number of ketones is 1. The van der Waals surface area contributed by atoms with Gasteiger partial charge in [0.1, 0.15) is 5.78 Å². The molecule has 0 heterocycles. The zero-order chi connectivity index (χ0) is 10.4. The van der Waals surface area contributed by atoms with E-state index in [2.05, 4.69) is 24.4 Å². The summed E-state index contributed by atoms with van der Waals surface area (Å²) in [6, 6.07) is 8.33. The van der Waals surface area contributed by atoms with Crippen molar-refractivity contribution in [2.45, 2.75) is 20.3 Å². The van der Waals surface area contributed by atoms with E-state index in [9.17, 15) is 4.79 Å². The van der Waals surface area contributed by atoms with Gasteiger partial charge in [-0.05, 0) is 37.9 Å². The van der Waals surface area contributed by atoms with Gasteiger partial charge in [0.15, 0.2) is 0 Å². The average molecular weight is 191 g/mol. The van der Waals surface area contributed by atoms with Gasteiger partial charge in [-0.2, -0.15) is 0 Å². The molecular weight excluding hydrogens is 174 g/mol. The Morgan fingerprint density at radius 3 is 2.71 bits per heavy atom. The summed E-state index contributed by atoms with van der Waals surface area (Å²) in [5.41, 5.74) is 2.67. The molecule has 0 aromatic heterocycles. The van der Waals surface area contributed by atoms with E-state index in [4.69, 9.17) is 0 Å². The third-order valence-corrected chi connectivity index (χ3v) is 2.21. The number of Topliss-reactive ketones (excluding diaryl/α,β-unsaturated/α-hetero) is 1. The van der Waals surface area contributed by atoms with Crippen molar-refractivity contribution in [3.63, 3.8) is 0 Å². The lowest BCUT2D eigenvalue weighted by atomic mass is 10.1. The van der Waals surface area contributed by atoms with E-state index < -0.39 is 0 Å². The van der Waals surface area contributed by atoms with Gasteiger partial charge in [0.05, 0.1) is 6.54 Å². The number of aryl methyl sites for hydroxylation is 1. The molecule has 1 aromatic carbocycles. The first-order valence-electron chi connectivity index (χ1n) is 4.95. The van der Waals surface area contributed by atoms with Crippen molar-refractivity contribution >= 4 is 5.78 Å². The predicted molar refractivity (Wildman–Crippen MR) is 58.4 cm³/mol. The molecule has 14 heavy (non-hydrogen) atoms. The van der Waals surface area contributed by atoms with Gasteiger partial charge in [-0.1, -0.05) is 24.3 Å². The molecule has 0 saturated carbocycles. The van der Waals surface area contributed by atoms with Gasteiger partial charge in [0, 0.05) is 0 Å². The minimum atomic E-state index is 0.190. The topological polar surface area (TPSA) is 29.1 Å². The normalized spacial score (nSPS) is 10.1. The molecule has 0 spiro atoms. The monoisotopic (exact) mass is 191 g/mol. The number of nitrogens with one attached hydrogen (secondary N) is 1. The van der Waals surface area contributed by atoms with Crippen LogP contribution >= 0.6 is 0 Å². The number of carbonyl (C=O) groups is 1. The summed E-state index contributed by atoms with van der Waals surface area (Å²) in [7, 11) is 0. The number of hydrogen-bond acceptors (Lipinski definition) is 2. The van der Waals surface area contributed by atoms with Gasteiger partial charge in [-0.3, -0.25) is 4.79 Å². The molecule has 0 unspecified atom stereocenters. The first kappa shape index (κ1) is 10.9. The molecule has 0 fully saturated rings. The SMILES string of the molecule is CC(=O)CNCCc1ccccc1C. The lowest BCUT2D eigenvalue weighted by Crippen LogP contribution is -2.23. The summed E-state index contributed by atoms with van der Waals surface area (Å²) >= 11 is 0. The molecule has 0 aliphatic carbocycles. The van der Waals surface area contributed by atoms with Gasteiger partial charge in [0.25, 0.3) is 0 Å². The lowest BCUT2D eigenvalue weighted by Gasteiger charge is -2.05. The molecule has 1 aromatic rings. The smallest absolute Gasteiger partial charge is 0.143 e. The molecule has 2 nitrogen and oxygen atoms in total. The Labute approximate surface area is 85.3 Å². The van der Waals surface area contributed by atoms with Crippen molar-refractivity contribution in [2.75, 3.05) is 13.1 Å². The Balaban J connectivity index is 2.31. The van der Waals surface area contributed by atoms with Crippen LogP contribution in [0, 0.1) is 6.92 Å². The minimum Gasteiger partial charge on any atom is -0.310 e. The molecule has 76 valence electrons. The van der Waals surface area contributed by atoms with Crippen LogP contribution in [0.3, 0.4) is 0 Å². The van der Waals surface area contributed by atoms with Gasteiger partial charge >= 0.3 is 0 Å². The van der Waals surface area contributed by atoms with Gasteiger partial charge < -0.3 is 5.32 Å². The maximum Gasteiger partial charge on any atom is 0.143 e. The van der Waals surface area contributed by atoms with Crippen molar-refractivity contribution in [1.82, 2.24) is 5.32 Å². The zero-order valence-electron chi connectivity index (χ0n) is 8.84. The molecule has 0 amide bonds. The Bertz CT molecular complexity index is 307. The van der Waals surface area contributed by atoms with Crippen molar-refractivity contribution in [1.29, 1.82) is 0 Å². The second kappa shape index (κ2) is 5.55. The Kier molecular flexibility index (Phi) is 4.33. The fraction of sp³-hybridized carbons (Fsp3) is 0.417. The first-order chi connectivity index (χ1) is 6.70. The van der Waals surface area contributed by atoms with E-state index in [-0.39, 0.29) is 5.78 Å². The van der Waals surface area contributed by atoms with Crippen LogP contribution in [0.4, 0.5) is 0 Å². The number of carbonyl (C=O) groups excluding carboxylic acids is 1. The Morgan fingerprint density at radius 1 is 1.36 bits per heavy atom. The molecule has 0 aliphatic heterocycles. The molecule has 1 rings (SSSR count). The number of hydrogen-bond donors (Lipinski definition) is 1. The maximum absolute atomic E-state index is 10.7. The van der Waals surface area contributed by atoms with Crippen molar-refractivity contribution in [2.24, 2.45) is 0 Å². The van der Waals surface area contributed by atoms with Gasteiger partial charge in [0.2, 0.25) is 0 Å². The highest BCUT2D eigenvalue weighted by Crippen LogP contribution is 2.06. The zero-order valence-corrected chi connectivity index (χ0v) is 8.84. The summed E-state index contributed by atoms with van der Waals surface area (Å²) in [5.74, 6) is 0.190. The van der Waals surface area contributed by atoms with Crippen LogP contribution in [0.15, 0.2) is 24.3 Å². The van der Waals surface area contributed by atoms with Crippen LogP contribution in [0.2, 0.25) is 0 Å². The molecule has 0 saturated heterocycles. The third kappa shape index (κ3) is 3.71.